The van der Waals surface area contributed by atoms with E-state index in [1.165, 1.54) is 4.68 Å². The molecular formula is C10H10ClN3O. The Morgan fingerprint density at radius 3 is 2.87 bits per heavy atom. The Morgan fingerprint density at radius 2 is 2.27 bits per heavy atom. The van der Waals surface area contributed by atoms with Crippen LogP contribution in [-0.2, 0) is 6.54 Å². The van der Waals surface area contributed by atoms with Crippen LogP contribution in [0, 0.1) is 0 Å². The van der Waals surface area contributed by atoms with Crippen molar-refractivity contribution < 1.29 is 0 Å². The summed E-state index contributed by atoms with van der Waals surface area (Å²) in [6.45, 7) is 0.225. The predicted molar refractivity (Wildman–Crippen MR) is 59.3 cm³/mol. The summed E-state index contributed by atoms with van der Waals surface area (Å²) in [5.41, 5.74) is 6.53. The molecule has 0 atom stereocenters. The molecule has 0 amide bonds. The summed E-state index contributed by atoms with van der Waals surface area (Å²) in [5.74, 6) is 0. The van der Waals surface area contributed by atoms with Gasteiger partial charge in [0, 0.05) is 17.8 Å². The zero-order valence-electron chi connectivity index (χ0n) is 7.90. The van der Waals surface area contributed by atoms with E-state index in [1.807, 2.05) is 0 Å². The van der Waals surface area contributed by atoms with Gasteiger partial charge in [-0.3, -0.25) is 9.89 Å². The molecule has 0 spiro atoms. The number of rotatable bonds is 2. The third-order valence-electron chi connectivity index (χ3n) is 2.13. The average molecular weight is 224 g/mol. The van der Waals surface area contributed by atoms with Crippen molar-refractivity contribution in [1.29, 1.82) is 0 Å². The molecule has 2 rings (SSSR count). The van der Waals surface area contributed by atoms with Gasteiger partial charge in [0.15, 0.2) is 0 Å². The van der Waals surface area contributed by atoms with E-state index in [0.29, 0.717) is 16.3 Å². The Hall–Kier alpha value is -1.52. The molecule has 0 bridgehead atoms. The van der Waals surface area contributed by atoms with Gasteiger partial charge in [0.05, 0.1) is 11.3 Å². The first kappa shape index (κ1) is 10.0. The molecule has 0 aliphatic carbocycles. The van der Waals surface area contributed by atoms with Gasteiger partial charge in [-0.25, -0.2) is 4.68 Å². The highest BCUT2D eigenvalue weighted by molar-refractivity contribution is 6.30. The molecule has 3 N–H and O–H groups in total. The van der Waals surface area contributed by atoms with Crippen molar-refractivity contribution in [1.82, 2.24) is 9.78 Å². The molecule has 0 aliphatic heterocycles. The number of aromatic amines is 1. The van der Waals surface area contributed by atoms with E-state index < -0.39 is 0 Å². The molecule has 0 unspecified atom stereocenters. The lowest BCUT2D eigenvalue weighted by atomic mass is 10.3. The first-order valence-electron chi connectivity index (χ1n) is 4.47. The highest BCUT2D eigenvalue weighted by Gasteiger charge is 2.05. The van der Waals surface area contributed by atoms with Gasteiger partial charge in [0.2, 0.25) is 0 Å². The number of halogens is 1. The average Bonchev–Trinajstić information content (AvgIpc) is 2.59. The molecule has 0 fully saturated rings. The molecule has 1 aromatic heterocycles. The van der Waals surface area contributed by atoms with Crippen LogP contribution in [-0.4, -0.2) is 9.78 Å². The Bertz CT molecular complexity index is 529. The predicted octanol–water partition coefficient (Wildman–Crippen LogP) is 1.28. The van der Waals surface area contributed by atoms with Gasteiger partial charge in [-0.05, 0) is 18.2 Å². The normalized spacial score (nSPS) is 10.5. The maximum Gasteiger partial charge on any atom is 0.275 e. The summed E-state index contributed by atoms with van der Waals surface area (Å²) >= 11 is 5.83. The van der Waals surface area contributed by atoms with Gasteiger partial charge in [0.25, 0.3) is 5.56 Å². The molecule has 0 aliphatic rings. The van der Waals surface area contributed by atoms with Crippen molar-refractivity contribution in [3.05, 3.63) is 51.4 Å². The number of benzene rings is 1. The lowest BCUT2D eigenvalue weighted by Gasteiger charge is -2.00. The van der Waals surface area contributed by atoms with Gasteiger partial charge in [-0.1, -0.05) is 17.7 Å². The third-order valence-corrected chi connectivity index (χ3v) is 2.37. The lowest BCUT2D eigenvalue weighted by molar-refractivity contribution is 0.845. The molecule has 4 nitrogen and oxygen atoms in total. The van der Waals surface area contributed by atoms with Crippen LogP contribution in [0.2, 0.25) is 5.02 Å². The fourth-order valence-corrected chi connectivity index (χ4v) is 1.54. The van der Waals surface area contributed by atoms with Gasteiger partial charge in [0.1, 0.15) is 0 Å². The molecule has 1 aromatic carbocycles. The van der Waals surface area contributed by atoms with Crippen LogP contribution >= 0.6 is 11.6 Å². The van der Waals surface area contributed by atoms with E-state index in [0.717, 1.165) is 0 Å². The van der Waals surface area contributed by atoms with Crippen molar-refractivity contribution in [3.8, 4) is 5.69 Å². The topological polar surface area (TPSA) is 63.8 Å². The van der Waals surface area contributed by atoms with Crippen LogP contribution in [0.15, 0.2) is 35.3 Å². The largest absolute Gasteiger partial charge is 0.326 e. The number of aromatic nitrogens is 2. The SMILES string of the molecule is NCc1c[nH]n(-c2cccc(Cl)c2)c1=O. The van der Waals surface area contributed by atoms with Crippen LogP contribution in [0.3, 0.4) is 0 Å². The van der Waals surface area contributed by atoms with Crippen molar-refractivity contribution >= 4 is 11.6 Å². The summed E-state index contributed by atoms with van der Waals surface area (Å²) < 4.78 is 1.41. The molecule has 1 heterocycles. The second-order valence-electron chi connectivity index (χ2n) is 3.12. The zero-order valence-corrected chi connectivity index (χ0v) is 8.66. The standard InChI is InChI=1S/C10H10ClN3O/c11-8-2-1-3-9(4-8)14-10(15)7(5-12)6-13-14/h1-4,6,13H,5,12H2. The van der Waals surface area contributed by atoms with Crippen molar-refractivity contribution in [3.63, 3.8) is 0 Å². The van der Waals surface area contributed by atoms with Crippen LogP contribution < -0.4 is 11.3 Å². The second-order valence-corrected chi connectivity index (χ2v) is 3.56. The Labute approximate surface area is 91.3 Å². The van der Waals surface area contributed by atoms with Gasteiger partial charge in [-0.15, -0.1) is 0 Å². The summed E-state index contributed by atoms with van der Waals surface area (Å²) in [6.07, 6.45) is 1.60. The van der Waals surface area contributed by atoms with E-state index in [9.17, 15) is 4.79 Å². The molecule has 0 saturated carbocycles. The smallest absolute Gasteiger partial charge is 0.275 e. The quantitative estimate of drug-likeness (QED) is 0.806. The van der Waals surface area contributed by atoms with Gasteiger partial charge >= 0.3 is 0 Å². The van der Waals surface area contributed by atoms with Crippen LogP contribution in [0.25, 0.3) is 5.69 Å². The van der Waals surface area contributed by atoms with Crippen LogP contribution in [0.4, 0.5) is 0 Å². The number of hydrogen-bond acceptors (Lipinski definition) is 2. The fraction of sp³-hybridized carbons (Fsp3) is 0.100. The van der Waals surface area contributed by atoms with E-state index >= 15 is 0 Å². The number of H-pyrrole nitrogens is 1. The summed E-state index contributed by atoms with van der Waals surface area (Å²) in [4.78, 5) is 11.7. The lowest BCUT2D eigenvalue weighted by Crippen LogP contribution is -2.18. The van der Waals surface area contributed by atoms with Gasteiger partial charge in [-0.2, -0.15) is 0 Å². The monoisotopic (exact) mass is 223 g/mol. The first-order valence-corrected chi connectivity index (χ1v) is 4.85. The molecule has 2 aromatic rings. The number of nitrogens with one attached hydrogen (secondary N) is 1. The van der Waals surface area contributed by atoms with Crippen molar-refractivity contribution in [2.45, 2.75) is 6.54 Å². The van der Waals surface area contributed by atoms with Crippen molar-refractivity contribution in [2.75, 3.05) is 0 Å². The van der Waals surface area contributed by atoms with E-state index in [4.69, 9.17) is 17.3 Å². The highest BCUT2D eigenvalue weighted by atomic mass is 35.5. The minimum Gasteiger partial charge on any atom is -0.326 e. The summed E-state index contributed by atoms with van der Waals surface area (Å²) in [5, 5.41) is 3.42. The third kappa shape index (κ3) is 1.82. The van der Waals surface area contributed by atoms with Crippen LogP contribution in [0.1, 0.15) is 5.56 Å². The number of hydrogen-bond donors (Lipinski definition) is 2. The van der Waals surface area contributed by atoms with Crippen LogP contribution in [0.5, 0.6) is 0 Å². The molecule has 0 saturated heterocycles. The second kappa shape index (κ2) is 3.92. The molecule has 5 heteroatoms. The Kier molecular flexibility index (Phi) is 2.62. The summed E-state index contributed by atoms with van der Waals surface area (Å²) in [7, 11) is 0. The zero-order chi connectivity index (χ0) is 10.8. The number of nitrogens with zero attached hydrogens (tertiary/aromatic N) is 1. The molecule has 0 radical (unpaired) electrons. The Balaban J connectivity index is 2.55. The maximum atomic E-state index is 11.7. The fourth-order valence-electron chi connectivity index (χ4n) is 1.36. The molecular weight excluding hydrogens is 214 g/mol. The maximum absolute atomic E-state index is 11.7. The highest BCUT2D eigenvalue weighted by Crippen LogP contribution is 2.12. The minimum atomic E-state index is -0.139. The minimum absolute atomic E-state index is 0.139. The first-order chi connectivity index (χ1) is 7.22. The van der Waals surface area contributed by atoms with E-state index in [2.05, 4.69) is 5.10 Å². The van der Waals surface area contributed by atoms with Gasteiger partial charge < -0.3 is 5.73 Å². The Morgan fingerprint density at radius 1 is 1.47 bits per heavy atom. The van der Waals surface area contributed by atoms with Crippen molar-refractivity contribution in [2.24, 2.45) is 5.73 Å². The molecule has 78 valence electrons. The summed E-state index contributed by atoms with van der Waals surface area (Å²) in [6, 6.07) is 7.04. The van der Waals surface area contributed by atoms with E-state index in [1.54, 1.807) is 30.5 Å². The van der Waals surface area contributed by atoms with E-state index in [-0.39, 0.29) is 12.1 Å². The number of nitrogens with two attached hydrogens (primary N) is 1. The molecule has 15 heavy (non-hydrogen) atoms.